The van der Waals surface area contributed by atoms with Crippen molar-refractivity contribution in [1.82, 2.24) is 0 Å². The summed E-state index contributed by atoms with van der Waals surface area (Å²) in [5.74, 6) is 0. The topological polar surface area (TPSA) is 32.8 Å². The van der Waals surface area contributed by atoms with Crippen LogP contribution in [0.2, 0.25) is 0 Å². The van der Waals surface area contributed by atoms with E-state index in [1.807, 2.05) is 0 Å². The molecule has 15 heavy (non-hydrogen) atoms. The lowest BCUT2D eigenvalue weighted by atomic mass is 10.1. The molecule has 1 aliphatic rings. The van der Waals surface area contributed by atoms with E-state index in [0.717, 1.165) is 0 Å². The second-order valence-electron chi connectivity index (χ2n) is 3.42. The third-order valence-corrected chi connectivity index (χ3v) is 2.30. The van der Waals surface area contributed by atoms with Gasteiger partial charge in [0.15, 0.2) is 6.10 Å². The largest absolute Gasteiger partial charge is 0.417 e. The Morgan fingerprint density at radius 2 is 1.80 bits per heavy atom. The molecule has 1 fully saturated rings. The molecule has 1 N–H and O–H groups in total. The Morgan fingerprint density at radius 1 is 1.20 bits per heavy atom. The minimum atomic E-state index is -4.39. The number of alkyl halides is 3. The molecule has 0 aliphatic carbocycles. The first kappa shape index (κ1) is 10.4. The SMILES string of the molecule is O[C@@H](c1ccccc1)[C@H]1O[C@@H]1C(F)(F)F. The van der Waals surface area contributed by atoms with Crippen molar-refractivity contribution >= 4 is 0 Å². The van der Waals surface area contributed by atoms with E-state index in [-0.39, 0.29) is 0 Å². The molecule has 2 rings (SSSR count). The summed E-state index contributed by atoms with van der Waals surface area (Å²) in [6, 6.07) is 8.18. The number of rotatable bonds is 2. The molecule has 0 unspecified atom stereocenters. The standard InChI is InChI=1S/C10H9F3O2/c11-10(12,13)9-8(15-9)7(14)6-4-2-1-3-5-6/h1-5,7-9,14H/t7-,8+,9-/m0/s1. The van der Waals surface area contributed by atoms with E-state index in [2.05, 4.69) is 4.74 Å². The predicted molar refractivity (Wildman–Crippen MR) is 46.1 cm³/mol. The lowest BCUT2D eigenvalue weighted by Gasteiger charge is -2.08. The summed E-state index contributed by atoms with van der Waals surface area (Å²) in [5.41, 5.74) is 0.439. The predicted octanol–water partition coefficient (Wildman–Crippen LogP) is 2.05. The highest BCUT2D eigenvalue weighted by atomic mass is 19.4. The molecule has 0 bridgehead atoms. The number of hydrogen-bond donors (Lipinski definition) is 1. The molecule has 0 spiro atoms. The summed E-state index contributed by atoms with van der Waals surface area (Å²) >= 11 is 0. The van der Waals surface area contributed by atoms with Crippen molar-refractivity contribution in [3.05, 3.63) is 35.9 Å². The average molecular weight is 218 g/mol. The third-order valence-electron chi connectivity index (χ3n) is 2.30. The number of aliphatic hydroxyl groups is 1. The van der Waals surface area contributed by atoms with Gasteiger partial charge in [-0.3, -0.25) is 0 Å². The Kier molecular flexibility index (Phi) is 2.44. The molecule has 0 amide bonds. The Hall–Kier alpha value is -1.07. The van der Waals surface area contributed by atoms with E-state index in [1.54, 1.807) is 30.3 Å². The van der Waals surface area contributed by atoms with E-state index < -0.39 is 24.5 Å². The molecule has 1 aromatic rings. The maximum Gasteiger partial charge on any atom is 0.417 e. The molecule has 2 nitrogen and oxygen atoms in total. The zero-order valence-electron chi connectivity index (χ0n) is 7.61. The zero-order valence-corrected chi connectivity index (χ0v) is 7.61. The lowest BCUT2D eigenvalue weighted by molar-refractivity contribution is -0.146. The average Bonchev–Trinajstić information content (AvgIpc) is 2.97. The molecule has 82 valence electrons. The van der Waals surface area contributed by atoms with Gasteiger partial charge in [0, 0.05) is 0 Å². The Morgan fingerprint density at radius 3 is 2.27 bits per heavy atom. The number of hydrogen-bond acceptors (Lipinski definition) is 2. The molecule has 1 aliphatic heterocycles. The number of epoxide rings is 1. The first-order valence-corrected chi connectivity index (χ1v) is 4.45. The molecule has 5 heteroatoms. The minimum absolute atomic E-state index is 0.439. The molecule has 0 aromatic heterocycles. The van der Waals surface area contributed by atoms with Crippen molar-refractivity contribution in [2.45, 2.75) is 24.5 Å². The summed E-state index contributed by atoms with van der Waals surface area (Å²) in [7, 11) is 0. The number of aliphatic hydroxyl groups excluding tert-OH is 1. The number of benzene rings is 1. The fourth-order valence-corrected chi connectivity index (χ4v) is 1.47. The van der Waals surface area contributed by atoms with Crippen LogP contribution in [0.25, 0.3) is 0 Å². The van der Waals surface area contributed by atoms with Crippen molar-refractivity contribution in [2.75, 3.05) is 0 Å². The second kappa shape index (κ2) is 3.50. The van der Waals surface area contributed by atoms with Gasteiger partial charge in [-0.1, -0.05) is 30.3 Å². The van der Waals surface area contributed by atoms with Gasteiger partial charge in [0.25, 0.3) is 0 Å². The maximum atomic E-state index is 12.1. The fraction of sp³-hybridized carbons (Fsp3) is 0.400. The van der Waals surface area contributed by atoms with Crippen LogP contribution in [0.1, 0.15) is 11.7 Å². The highest BCUT2D eigenvalue weighted by Crippen LogP contribution is 2.43. The molecular formula is C10H9F3O2. The van der Waals surface area contributed by atoms with Crippen LogP contribution < -0.4 is 0 Å². The molecule has 1 saturated heterocycles. The van der Waals surface area contributed by atoms with Gasteiger partial charge in [0.05, 0.1) is 0 Å². The van der Waals surface area contributed by atoms with Crippen LogP contribution >= 0.6 is 0 Å². The second-order valence-corrected chi connectivity index (χ2v) is 3.42. The van der Waals surface area contributed by atoms with Crippen molar-refractivity contribution in [2.24, 2.45) is 0 Å². The third kappa shape index (κ3) is 2.13. The van der Waals surface area contributed by atoms with Crippen molar-refractivity contribution in [3.8, 4) is 0 Å². The normalized spacial score (nSPS) is 27.5. The van der Waals surface area contributed by atoms with Gasteiger partial charge >= 0.3 is 6.18 Å². The van der Waals surface area contributed by atoms with Crippen LogP contribution in [0, 0.1) is 0 Å². The minimum Gasteiger partial charge on any atom is -0.386 e. The van der Waals surface area contributed by atoms with E-state index in [0.29, 0.717) is 5.56 Å². The van der Waals surface area contributed by atoms with Crippen molar-refractivity contribution < 1.29 is 23.0 Å². The molecular weight excluding hydrogens is 209 g/mol. The molecule has 1 heterocycles. The van der Waals surface area contributed by atoms with Gasteiger partial charge in [0.1, 0.15) is 12.2 Å². The summed E-state index contributed by atoms with van der Waals surface area (Å²) in [4.78, 5) is 0. The monoisotopic (exact) mass is 218 g/mol. The summed E-state index contributed by atoms with van der Waals surface area (Å²) < 4.78 is 40.8. The zero-order chi connectivity index (χ0) is 11.1. The van der Waals surface area contributed by atoms with Gasteiger partial charge < -0.3 is 9.84 Å². The Bertz CT molecular complexity index is 336. The van der Waals surface area contributed by atoms with Gasteiger partial charge in [0.2, 0.25) is 0 Å². The number of halogens is 3. The van der Waals surface area contributed by atoms with E-state index in [9.17, 15) is 18.3 Å². The summed E-state index contributed by atoms with van der Waals surface area (Å²) in [5, 5.41) is 9.57. The highest BCUT2D eigenvalue weighted by Gasteiger charge is 2.60. The smallest absolute Gasteiger partial charge is 0.386 e. The van der Waals surface area contributed by atoms with Gasteiger partial charge in [-0.05, 0) is 5.56 Å². The summed E-state index contributed by atoms with van der Waals surface area (Å²) in [6.07, 6.45) is -8.58. The van der Waals surface area contributed by atoms with Gasteiger partial charge in [-0.2, -0.15) is 13.2 Å². The van der Waals surface area contributed by atoms with Crippen molar-refractivity contribution in [1.29, 1.82) is 0 Å². The highest BCUT2D eigenvalue weighted by molar-refractivity contribution is 5.20. The van der Waals surface area contributed by atoms with Gasteiger partial charge in [-0.25, -0.2) is 0 Å². The quantitative estimate of drug-likeness (QED) is 0.770. The molecule has 3 atom stereocenters. The number of ether oxygens (including phenoxy) is 1. The van der Waals surface area contributed by atoms with Crippen LogP contribution in [-0.4, -0.2) is 23.5 Å². The van der Waals surface area contributed by atoms with Crippen LogP contribution in [0.15, 0.2) is 30.3 Å². The summed E-state index contributed by atoms with van der Waals surface area (Å²) in [6.45, 7) is 0. The van der Waals surface area contributed by atoms with Crippen LogP contribution in [-0.2, 0) is 4.74 Å². The fourth-order valence-electron chi connectivity index (χ4n) is 1.47. The Balaban J connectivity index is 2.04. The van der Waals surface area contributed by atoms with Gasteiger partial charge in [-0.15, -0.1) is 0 Å². The van der Waals surface area contributed by atoms with E-state index in [4.69, 9.17) is 0 Å². The van der Waals surface area contributed by atoms with Crippen LogP contribution in [0.5, 0.6) is 0 Å². The maximum absolute atomic E-state index is 12.1. The first-order valence-electron chi connectivity index (χ1n) is 4.45. The van der Waals surface area contributed by atoms with E-state index >= 15 is 0 Å². The Labute approximate surface area is 84.3 Å². The van der Waals surface area contributed by atoms with E-state index in [1.165, 1.54) is 0 Å². The van der Waals surface area contributed by atoms with Crippen LogP contribution in [0.4, 0.5) is 13.2 Å². The molecule has 0 saturated carbocycles. The lowest BCUT2D eigenvalue weighted by Crippen LogP contribution is -2.21. The molecule has 0 radical (unpaired) electrons. The van der Waals surface area contributed by atoms with Crippen LogP contribution in [0.3, 0.4) is 0 Å². The molecule has 1 aromatic carbocycles. The van der Waals surface area contributed by atoms with Crippen molar-refractivity contribution in [3.63, 3.8) is 0 Å². The first-order chi connectivity index (χ1) is 7.00.